The quantitative estimate of drug-likeness (QED) is 0.283. The Morgan fingerprint density at radius 3 is 1.48 bits per heavy atom. The predicted octanol–water partition coefficient (Wildman–Crippen LogP) is 5.86. The first kappa shape index (κ1) is 24.8. The van der Waals surface area contributed by atoms with Gasteiger partial charge in [-0.3, -0.25) is 14.5 Å². The molecule has 0 aromatic carbocycles. The van der Waals surface area contributed by atoms with E-state index in [1.807, 2.05) is 0 Å². The summed E-state index contributed by atoms with van der Waals surface area (Å²) in [5, 5.41) is 0. The fourth-order valence-electron chi connectivity index (χ4n) is 6.46. The van der Waals surface area contributed by atoms with Crippen LogP contribution in [0.4, 0.5) is 0 Å². The zero-order chi connectivity index (χ0) is 21.7. The molecule has 4 nitrogen and oxygen atoms in total. The first-order valence-electron chi connectivity index (χ1n) is 12.5. The second kappa shape index (κ2) is 10.7. The Morgan fingerprint density at radius 1 is 0.759 bits per heavy atom. The summed E-state index contributed by atoms with van der Waals surface area (Å²) in [7, 11) is -2.96. The summed E-state index contributed by atoms with van der Waals surface area (Å²) in [4.78, 5) is 27.4. The maximum Gasteiger partial charge on any atom is 0.233 e. The Labute approximate surface area is 182 Å². The molecule has 0 aromatic rings. The molecule has 168 valence electrons. The lowest BCUT2D eigenvalue weighted by Gasteiger charge is -2.52. The van der Waals surface area contributed by atoms with Crippen LogP contribution in [0.5, 0.6) is 0 Å². The summed E-state index contributed by atoms with van der Waals surface area (Å²) in [6.45, 7) is 16.2. The Kier molecular flexibility index (Phi) is 9.16. The van der Waals surface area contributed by atoms with Crippen LogP contribution in [0, 0.1) is 11.8 Å². The molecule has 29 heavy (non-hydrogen) atoms. The standard InChI is InChI=1S/C23H46N2O2Si2/c1-7-28(8-2,9-3)25(29(10-4,11-5)12-6)19-15-18-24-22(26)20-16-13-14-17-21(20)23(24)27/h20-21H,7-19H2,1-6H3. The zero-order valence-electron chi connectivity index (χ0n) is 20.1. The van der Waals surface area contributed by atoms with Crippen LogP contribution in [0.25, 0.3) is 0 Å². The fraction of sp³-hybridized carbons (Fsp3) is 0.913. The molecule has 2 rings (SSSR count). The van der Waals surface area contributed by atoms with E-state index in [1.165, 1.54) is 36.3 Å². The van der Waals surface area contributed by atoms with E-state index in [1.54, 1.807) is 4.90 Å². The highest BCUT2D eigenvalue weighted by Gasteiger charge is 2.49. The van der Waals surface area contributed by atoms with Crippen molar-refractivity contribution in [1.82, 2.24) is 9.13 Å². The molecule has 2 fully saturated rings. The Balaban J connectivity index is 2.16. The van der Waals surface area contributed by atoms with E-state index in [4.69, 9.17) is 0 Å². The van der Waals surface area contributed by atoms with E-state index >= 15 is 0 Å². The van der Waals surface area contributed by atoms with Gasteiger partial charge in [-0.15, -0.1) is 0 Å². The fourth-order valence-corrected chi connectivity index (χ4v) is 19.9. The van der Waals surface area contributed by atoms with E-state index in [2.05, 4.69) is 45.8 Å². The molecule has 2 aliphatic rings. The van der Waals surface area contributed by atoms with E-state index in [0.29, 0.717) is 6.54 Å². The Morgan fingerprint density at radius 2 is 1.14 bits per heavy atom. The highest BCUT2D eigenvalue weighted by Crippen LogP contribution is 2.39. The first-order valence-corrected chi connectivity index (χ1v) is 17.7. The Hall–Kier alpha value is -0.466. The summed E-state index contributed by atoms with van der Waals surface area (Å²) >= 11 is 0. The van der Waals surface area contributed by atoms with E-state index in [0.717, 1.165) is 38.6 Å². The van der Waals surface area contributed by atoms with Gasteiger partial charge in [-0.1, -0.05) is 54.4 Å². The largest absolute Gasteiger partial charge is 0.345 e. The number of nitrogens with zero attached hydrogens (tertiary/aromatic N) is 2. The van der Waals surface area contributed by atoms with Gasteiger partial charge in [0.2, 0.25) is 11.8 Å². The second-order valence-corrected chi connectivity index (χ2v) is 20.1. The number of carbonyl (C=O) groups is 2. The van der Waals surface area contributed by atoms with Gasteiger partial charge < -0.3 is 4.23 Å². The lowest BCUT2D eigenvalue weighted by atomic mass is 9.81. The molecule has 1 aliphatic heterocycles. The van der Waals surface area contributed by atoms with E-state index < -0.39 is 16.5 Å². The number of fused-ring (bicyclic) bond motifs is 1. The van der Waals surface area contributed by atoms with Crippen molar-refractivity contribution in [3.8, 4) is 0 Å². The molecule has 0 aromatic heterocycles. The monoisotopic (exact) mass is 438 g/mol. The maximum absolute atomic E-state index is 12.9. The Bertz CT molecular complexity index is 501. The number of amides is 2. The van der Waals surface area contributed by atoms with Crippen molar-refractivity contribution in [2.75, 3.05) is 13.1 Å². The molecule has 0 bridgehead atoms. The lowest BCUT2D eigenvalue weighted by Crippen LogP contribution is -2.66. The SMILES string of the molecule is CC[Si](CC)(CC)N(CCCN1C(=O)C2CCCCC2C1=O)[Si](CC)(CC)CC. The van der Waals surface area contributed by atoms with Crippen LogP contribution in [0.15, 0.2) is 0 Å². The summed E-state index contributed by atoms with van der Waals surface area (Å²) in [6.07, 6.45) is 5.02. The lowest BCUT2D eigenvalue weighted by molar-refractivity contribution is -0.139. The molecule has 1 saturated carbocycles. The van der Waals surface area contributed by atoms with Gasteiger partial charge in [0.25, 0.3) is 0 Å². The van der Waals surface area contributed by atoms with Crippen LogP contribution in [-0.4, -0.2) is 50.5 Å². The van der Waals surface area contributed by atoms with Crippen LogP contribution in [0.2, 0.25) is 36.3 Å². The van der Waals surface area contributed by atoms with Crippen LogP contribution >= 0.6 is 0 Å². The molecule has 1 saturated heterocycles. The summed E-state index contributed by atoms with van der Waals surface area (Å²) in [5.74, 6) is 0.277. The van der Waals surface area contributed by atoms with Crippen molar-refractivity contribution in [2.24, 2.45) is 11.8 Å². The molecule has 0 spiro atoms. The molecular weight excluding hydrogens is 392 g/mol. The van der Waals surface area contributed by atoms with Crippen molar-refractivity contribution in [3.63, 3.8) is 0 Å². The van der Waals surface area contributed by atoms with Gasteiger partial charge >= 0.3 is 0 Å². The summed E-state index contributed by atoms with van der Waals surface area (Å²) in [6, 6.07) is 7.92. The third-order valence-electron chi connectivity index (χ3n) is 8.79. The number of hydrogen-bond donors (Lipinski definition) is 0. The highest BCUT2D eigenvalue weighted by atomic mass is 28.4. The summed E-state index contributed by atoms with van der Waals surface area (Å²) < 4.78 is 3.07. The molecule has 0 N–H and O–H groups in total. The van der Waals surface area contributed by atoms with Crippen molar-refractivity contribution in [3.05, 3.63) is 0 Å². The molecule has 1 heterocycles. The van der Waals surface area contributed by atoms with Crippen molar-refractivity contribution < 1.29 is 9.59 Å². The minimum atomic E-state index is -1.48. The second-order valence-electron chi connectivity index (χ2n) is 9.40. The summed E-state index contributed by atoms with van der Waals surface area (Å²) in [5.41, 5.74) is 0. The van der Waals surface area contributed by atoms with Crippen LogP contribution in [0.3, 0.4) is 0 Å². The van der Waals surface area contributed by atoms with Gasteiger partial charge in [-0.2, -0.15) is 0 Å². The average molecular weight is 439 g/mol. The number of likely N-dealkylation sites (tertiary alicyclic amines) is 1. The minimum absolute atomic E-state index is 0.00173. The number of imide groups is 1. The third-order valence-corrected chi connectivity index (χ3v) is 22.3. The van der Waals surface area contributed by atoms with Crippen molar-refractivity contribution in [2.45, 2.75) is 110 Å². The molecule has 0 radical (unpaired) electrons. The smallest absolute Gasteiger partial charge is 0.233 e. The predicted molar refractivity (Wildman–Crippen MR) is 128 cm³/mol. The van der Waals surface area contributed by atoms with Crippen LogP contribution in [-0.2, 0) is 9.59 Å². The van der Waals surface area contributed by atoms with Crippen LogP contribution in [0.1, 0.15) is 73.6 Å². The molecule has 2 amide bonds. The average Bonchev–Trinajstić information content (AvgIpc) is 3.01. The normalized spacial score (nSPS) is 23.2. The van der Waals surface area contributed by atoms with E-state index in [9.17, 15) is 9.59 Å². The van der Waals surface area contributed by atoms with Gasteiger partial charge in [0.05, 0.1) is 11.8 Å². The number of rotatable bonds is 12. The first-order chi connectivity index (χ1) is 13.9. The van der Waals surface area contributed by atoms with Crippen LogP contribution < -0.4 is 0 Å². The zero-order valence-corrected chi connectivity index (χ0v) is 22.1. The van der Waals surface area contributed by atoms with Gasteiger partial charge in [-0.25, -0.2) is 0 Å². The van der Waals surface area contributed by atoms with Crippen molar-refractivity contribution >= 4 is 28.3 Å². The molecule has 6 heteroatoms. The van der Waals surface area contributed by atoms with Gasteiger partial charge in [-0.05, 0) is 62.1 Å². The maximum atomic E-state index is 12.9. The molecule has 1 aliphatic carbocycles. The topological polar surface area (TPSA) is 40.6 Å². The number of hydrogen-bond acceptors (Lipinski definition) is 3. The molecule has 2 atom stereocenters. The van der Waals surface area contributed by atoms with Gasteiger partial charge in [0, 0.05) is 6.54 Å². The minimum Gasteiger partial charge on any atom is -0.345 e. The molecule has 2 unspecified atom stereocenters. The highest BCUT2D eigenvalue weighted by molar-refractivity contribution is 6.92. The molecular formula is C23H46N2O2Si2. The van der Waals surface area contributed by atoms with Crippen molar-refractivity contribution in [1.29, 1.82) is 0 Å². The van der Waals surface area contributed by atoms with E-state index in [-0.39, 0.29) is 23.7 Å². The van der Waals surface area contributed by atoms with Gasteiger partial charge in [0.1, 0.15) is 16.5 Å². The van der Waals surface area contributed by atoms with Gasteiger partial charge in [0.15, 0.2) is 0 Å². The number of carbonyl (C=O) groups excluding carboxylic acids is 2. The third kappa shape index (κ3) is 4.59.